The molecule has 6 heteroatoms. The topological polar surface area (TPSA) is 71.6 Å². The van der Waals surface area contributed by atoms with Gasteiger partial charge in [-0.25, -0.2) is 5.01 Å². The number of aromatic nitrogens is 2. The van der Waals surface area contributed by atoms with Crippen LogP contribution in [0.25, 0.3) is 0 Å². The second kappa shape index (κ2) is 6.29. The summed E-state index contributed by atoms with van der Waals surface area (Å²) in [6, 6.07) is 6.05. The Morgan fingerprint density at radius 1 is 1.15 bits per heavy atom. The fourth-order valence-corrected chi connectivity index (χ4v) is 4.91. The minimum Gasteiger partial charge on any atom is -0.333 e. The molecule has 0 radical (unpaired) electrons. The average molecular weight is 364 g/mol. The lowest BCUT2D eigenvalue weighted by Gasteiger charge is -2.24. The number of hydrazone groups is 1. The van der Waals surface area contributed by atoms with Gasteiger partial charge in [-0.2, -0.15) is 10.1 Å². The normalized spacial score (nSPS) is 27.3. The van der Waals surface area contributed by atoms with E-state index in [1.807, 2.05) is 32.0 Å². The van der Waals surface area contributed by atoms with E-state index in [0.29, 0.717) is 36.3 Å². The molecule has 1 amide bonds. The van der Waals surface area contributed by atoms with Gasteiger partial charge in [0.1, 0.15) is 5.71 Å². The Morgan fingerprint density at radius 2 is 2.04 bits per heavy atom. The van der Waals surface area contributed by atoms with Crippen LogP contribution in [0.2, 0.25) is 0 Å². The molecule has 0 saturated heterocycles. The van der Waals surface area contributed by atoms with Crippen molar-refractivity contribution in [3.8, 4) is 0 Å². The van der Waals surface area contributed by atoms with Crippen molar-refractivity contribution in [1.29, 1.82) is 0 Å². The summed E-state index contributed by atoms with van der Waals surface area (Å²) in [5, 5.41) is 10.4. The highest BCUT2D eigenvalue weighted by Gasteiger charge is 2.42. The van der Waals surface area contributed by atoms with E-state index < -0.39 is 0 Å². The van der Waals surface area contributed by atoms with Crippen molar-refractivity contribution >= 4 is 17.3 Å². The van der Waals surface area contributed by atoms with Gasteiger partial charge in [-0.15, -0.1) is 0 Å². The molecule has 3 aliphatic rings. The minimum atomic E-state index is 0.000270. The largest absolute Gasteiger partial charge is 0.333 e. The van der Waals surface area contributed by atoms with Gasteiger partial charge >= 0.3 is 0 Å². The van der Waals surface area contributed by atoms with Crippen LogP contribution in [0.5, 0.6) is 0 Å². The number of nitrogens with zero attached hydrogens (tertiary/aromatic N) is 4. The summed E-state index contributed by atoms with van der Waals surface area (Å²) in [7, 11) is 0. The maximum atomic E-state index is 12.5. The Balaban J connectivity index is 1.45. The number of hydrogen-bond acceptors (Lipinski definition) is 5. The molecular formula is C21H24N4O2. The van der Waals surface area contributed by atoms with Crippen LogP contribution in [0.4, 0.5) is 5.69 Å². The number of amides is 1. The van der Waals surface area contributed by atoms with E-state index in [0.717, 1.165) is 28.6 Å². The zero-order chi connectivity index (χ0) is 18.5. The Bertz CT molecular complexity index is 932. The molecule has 0 spiro atoms. The van der Waals surface area contributed by atoms with E-state index in [9.17, 15) is 4.79 Å². The van der Waals surface area contributed by atoms with Crippen LogP contribution in [0, 0.1) is 25.7 Å². The third-order valence-corrected chi connectivity index (χ3v) is 6.38. The van der Waals surface area contributed by atoms with Crippen LogP contribution in [0.3, 0.4) is 0 Å². The first-order chi connectivity index (χ1) is 13.1. The molecule has 2 saturated carbocycles. The molecule has 2 bridgehead atoms. The molecule has 1 aromatic carbocycles. The first-order valence-electron chi connectivity index (χ1n) is 9.90. The number of fused-ring (bicyclic) bond motifs is 2. The first kappa shape index (κ1) is 16.7. The fourth-order valence-electron chi connectivity index (χ4n) is 4.91. The summed E-state index contributed by atoms with van der Waals surface area (Å²) < 4.78 is 5.57. The lowest BCUT2D eigenvalue weighted by molar-refractivity contribution is -0.118. The third kappa shape index (κ3) is 2.87. The molecular weight excluding hydrogens is 340 g/mol. The smallest absolute Gasteiger partial charge is 0.274 e. The van der Waals surface area contributed by atoms with E-state index in [4.69, 9.17) is 4.52 Å². The van der Waals surface area contributed by atoms with Crippen molar-refractivity contribution < 1.29 is 9.32 Å². The van der Waals surface area contributed by atoms with E-state index in [1.165, 1.54) is 30.7 Å². The maximum Gasteiger partial charge on any atom is 0.274 e. The minimum absolute atomic E-state index is 0.000270. The Kier molecular flexibility index (Phi) is 3.88. The summed E-state index contributed by atoms with van der Waals surface area (Å²) in [6.07, 6.45) is 6.07. The molecule has 2 aliphatic carbocycles. The van der Waals surface area contributed by atoms with Crippen molar-refractivity contribution in [2.75, 3.05) is 5.01 Å². The second-order valence-electron chi connectivity index (χ2n) is 8.28. The third-order valence-electron chi connectivity index (χ3n) is 6.38. The highest BCUT2D eigenvalue weighted by atomic mass is 16.5. The van der Waals surface area contributed by atoms with E-state index in [-0.39, 0.29) is 5.91 Å². The predicted molar refractivity (Wildman–Crippen MR) is 102 cm³/mol. The number of anilines is 1. The van der Waals surface area contributed by atoms with Crippen LogP contribution < -0.4 is 5.01 Å². The van der Waals surface area contributed by atoms with Crippen LogP contribution in [0.1, 0.15) is 67.3 Å². The average Bonchev–Trinajstić information content (AvgIpc) is 3.40. The number of rotatable bonds is 3. The molecule has 0 N–H and O–H groups in total. The number of carbonyl (C=O) groups excluding carboxylic acids is 1. The fraction of sp³-hybridized carbons (Fsp3) is 0.524. The van der Waals surface area contributed by atoms with E-state index in [1.54, 1.807) is 0 Å². The van der Waals surface area contributed by atoms with Gasteiger partial charge in [-0.05, 0) is 62.1 Å². The highest BCUT2D eigenvalue weighted by Crippen LogP contribution is 2.52. The quantitative estimate of drug-likeness (QED) is 0.821. The van der Waals surface area contributed by atoms with Gasteiger partial charge in [0.2, 0.25) is 5.91 Å². The molecule has 2 aromatic rings. The summed E-state index contributed by atoms with van der Waals surface area (Å²) in [5.74, 6) is 3.28. The molecule has 5 rings (SSSR count). The lowest BCUT2D eigenvalue weighted by atomic mass is 9.88. The van der Waals surface area contributed by atoms with E-state index >= 15 is 0 Å². The van der Waals surface area contributed by atoms with Crippen molar-refractivity contribution in [1.82, 2.24) is 10.1 Å². The number of hydrogen-bond donors (Lipinski definition) is 0. The van der Waals surface area contributed by atoms with Gasteiger partial charge < -0.3 is 4.52 Å². The van der Waals surface area contributed by atoms with Gasteiger partial charge in [0, 0.05) is 18.8 Å². The Morgan fingerprint density at radius 3 is 2.81 bits per heavy atom. The monoisotopic (exact) mass is 364 g/mol. The van der Waals surface area contributed by atoms with Crippen LogP contribution in [-0.4, -0.2) is 21.8 Å². The molecule has 27 heavy (non-hydrogen) atoms. The summed E-state index contributed by atoms with van der Waals surface area (Å²) in [4.78, 5) is 17.2. The molecule has 1 aromatic heterocycles. The highest BCUT2D eigenvalue weighted by molar-refractivity contribution is 6.06. The van der Waals surface area contributed by atoms with Crippen LogP contribution in [-0.2, 0) is 4.79 Å². The Labute approximate surface area is 158 Å². The molecule has 3 unspecified atom stereocenters. The van der Waals surface area contributed by atoms with Gasteiger partial charge in [-0.1, -0.05) is 23.7 Å². The first-order valence-corrected chi connectivity index (χ1v) is 9.90. The van der Waals surface area contributed by atoms with Gasteiger partial charge in [0.25, 0.3) is 5.89 Å². The summed E-state index contributed by atoms with van der Waals surface area (Å²) in [5.41, 5.74) is 3.65. The molecule has 1 aliphatic heterocycles. The van der Waals surface area contributed by atoms with Crippen molar-refractivity contribution in [3.63, 3.8) is 0 Å². The number of benzene rings is 1. The Hall–Kier alpha value is -2.50. The van der Waals surface area contributed by atoms with Crippen LogP contribution >= 0.6 is 0 Å². The SMILES string of the molecule is Cc1ccc(C)c(N2N=C(c3nc(C4CC5CCC4C5)no3)CCC2=O)c1. The predicted octanol–water partition coefficient (Wildman–Crippen LogP) is 4.12. The molecule has 3 atom stereocenters. The molecule has 2 fully saturated rings. The van der Waals surface area contributed by atoms with Crippen molar-refractivity contribution in [2.24, 2.45) is 16.9 Å². The number of carbonyl (C=O) groups is 1. The lowest BCUT2D eigenvalue weighted by Crippen LogP contribution is -2.32. The van der Waals surface area contributed by atoms with Gasteiger partial charge in [-0.3, -0.25) is 4.79 Å². The van der Waals surface area contributed by atoms with Gasteiger partial charge in [0.05, 0.1) is 5.69 Å². The summed E-state index contributed by atoms with van der Waals surface area (Å²) in [6.45, 7) is 4.01. The zero-order valence-corrected chi connectivity index (χ0v) is 15.8. The van der Waals surface area contributed by atoms with Gasteiger partial charge in [0.15, 0.2) is 5.82 Å². The van der Waals surface area contributed by atoms with Crippen molar-refractivity contribution in [3.05, 3.63) is 41.0 Å². The van der Waals surface area contributed by atoms with Crippen molar-refractivity contribution in [2.45, 2.75) is 58.3 Å². The van der Waals surface area contributed by atoms with E-state index in [2.05, 4.69) is 15.2 Å². The molecule has 140 valence electrons. The summed E-state index contributed by atoms with van der Waals surface area (Å²) >= 11 is 0. The number of aryl methyl sites for hydroxylation is 2. The standard InChI is InChI=1S/C21H24N4O2/c1-12-3-4-13(2)18(9-12)25-19(26)8-7-17(23-25)21-22-20(24-27-21)16-11-14-5-6-15(16)10-14/h3-4,9,14-16H,5-8,10-11H2,1-2H3. The molecule has 2 heterocycles. The maximum absolute atomic E-state index is 12.5. The molecule has 6 nitrogen and oxygen atoms in total. The zero-order valence-electron chi connectivity index (χ0n) is 15.8. The van der Waals surface area contributed by atoms with Crippen LogP contribution in [0.15, 0.2) is 27.8 Å². The second-order valence-corrected chi connectivity index (χ2v) is 8.28.